The Bertz CT molecular complexity index is 789. The third-order valence-electron chi connectivity index (χ3n) is 5.37. The fraction of sp³-hybridized carbons (Fsp3) is 0.500. The highest BCUT2D eigenvalue weighted by Gasteiger charge is 2.54. The number of carbonyl (C=O) groups excluding carboxylic acids is 1. The van der Waals surface area contributed by atoms with E-state index in [2.05, 4.69) is 27.2 Å². The molecule has 2 aliphatic rings. The number of benzene rings is 1. The predicted molar refractivity (Wildman–Crippen MR) is 107 cm³/mol. The molecule has 0 spiro atoms. The van der Waals surface area contributed by atoms with Gasteiger partial charge in [0.1, 0.15) is 0 Å². The Balaban J connectivity index is 0.00000121. The van der Waals surface area contributed by atoms with Gasteiger partial charge in [0.25, 0.3) is 0 Å². The summed E-state index contributed by atoms with van der Waals surface area (Å²) in [4.78, 5) is 26.3. The lowest BCUT2D eigenvalue weighted by Crippen LogP contribution is -2.47. The monoisotopic (exact) mass is 397 g/mol. The van der Waals surface area contributed by atoms with Crippen LogP contribution in [0.5, 0.6) is 0 Å². The van der Waals surface area contributed by atoms with Crippen molar-refractivity contribution in [3.05, 3.63) is 36.2 Å². The molecular formula is C18H25Cl2N5O. The SMILES string of the molecule is CN1C[C@H]2CNC[C@@]2(C(=O)N(C)Cc2cnc3ccccc3n2)C1.Cl.Cl. The number of rotatable bonds is 3. The van der Waals surface area contributed by atoms with Gasteiger partial charge in [-0.1, -0.05) is 12.1 Å². The topological polar surface area (TPSA) is 61.4 Å². The van der Waals surface area contributed by atoms with Crippen LogP contribution in [0, 0.1) is 11.3 Å². The van der Waals surface area contributed by atoms with E-state index in [1.807, 2.05) is 36.2 Å². The van der Waals surface area contributed by atoms with Gasteiger partial charge < -0.3 is 15.1 Å². The Hall–Kier alpha value is -1.47. The van der Waals surface area contributed by atoms with Gasteiger partial charge in [-0.05, 0) is 19.2 Å². The van der Waals surface area contributed by atoms with Crippen LogP contribution in [-0.2, 0) is 11.3 Å². The minimum absolute atomic E-state index is 0. The van der Waals surface area contributed by atoms with Crippen LogP contribution in [0.25, 0.3) is 11.0 Å². The zero-order valence-electron chi connectivity index (χ0n) is 15.0. The molecule has 1 amide bonds. The molecular weight excluding hydrogens is 373 g/mol. The first-order valence-electron chi connectivity index (χ1n) is 8.44. The van der Waals surface area contributed by atoms with Crippen molar-refractivity contribution in [1.29, 1.82) is 0 Å². The minimum Gasteiger partial charge on any atom is -0.339 e. The molecule has 0 radical (unpaired) electrons. The maximum absolute atomic E-state index is 13.2. The lowest BCUT2D eigenvalue weighted by molar-refractivity contribution is -0.141. The molecule has 1 aromatic heterocycles. The molecule has 1 aromatic carbocycles. The van der Waals surface area contributed by atoms with E-state index in [1.54, 1.807) is 6.20 Å². The summed E-state index contributed by atoms with van der Waals surface area (Å²) >= 11 is 0. The molecule has 26 heavy (non-hydrogen) atoms. The van der Waals surface area contributed by atoms with Gasteiger partial charge in [-0.15, -0.1) is 24.8 Å². The highest BCUT2D eigenvalue weighted by atomic mass is 35.5. The van der Waals surface area contributed by atoms with Crippen molar-refractivity contribution in [2.75, 3.05) is 40.3 Å². The molecule has 0 saturated carbocycles. The maximum atomic E-state index is 13.2. The summed E-state index contributed by atoms with van der Waals surface area (Å²) in [5, 5.41) is 3.41. The van der Waals surface area contributed by atoms with Crippen molar-refractivity contribution in [2.45, 2.75) is 6.54 Å². The third-order valence-corrected chi connectivity index (χ3v) is 5.37. The molecule has 2 saturated heterocycles. The number of halogens is 2. The molecule has 0 unspecified atom stereocenters. The molecule has 0 aliphatic carbocycles. The Morgan fingerprint density at radius 3 is 2.85 bits per heavy atom. The van der Waals surface area contributed by atoms with Gasteiger partial charge in [0.2, 0.25) is 5.91 Å². The first-order valence-corrected chi connectivity index (χ1v) is 8.44. The lowest BCUT2D eigenvalue weighted by Gasteiger charge is -2.31. The third kappa shape index (κ3) is 3.51. The van der Waals surface area contributed by atoms with Crippen LogP contribution in [0.1, 0.15) is 5.69 Å². The van der Waals surface area contributed by atoms with E-state index in [4.69, 9.17) is 0 Å². The number of aromatic nitrogens is 2. The molecule has 1 N–H and O–H groups in total. The summed E-state index contributed by atoms with van der Waals surface area (Å²) in [5.41, 5.74) is 2.30. The van der Waals surface area contributed by atoms with Gasteiger partial charge >= 0.3 is 0 Å². The van der Waals surface area contributed by atoms with Crippen molar-refractivity contribution in [2.24, 2.45) is 11.3 Å². The normalized spacial score (nSPS) is 24.6. The van der Waals surface area contributed by atoms with E-state index in [1.165, 1.54) is 0 Å². The van der Waals surface area contributed by atoms with E-state index in [-0.39, 0.29) is 36.1 Å². The highest BCUT2D eigenvalue weighted by molar-refractivity contribution is 5.86. The molecule has 6 nitrogen and oxygen atoms in total. The molecule has 2 atom stereocenters. The van der Waals surface area contributed by atoms with Crippen molar-refractivity contribution in [3.63, 3.8) is 0 Å². The highest BCUT2D eigenvalue weighted by Crippen LogP contribution is 2.39. The summed E-state index contributed by atoms with van der Waals surface area (Å²) < 4.78 is 0. The number of fused-ring (bicyclic) bond motifs is 2. The zero-order chi connectivity index (χ0) is 16.7. The number of likely N-dealkylation sites (tertiary alicyclic amines) is 1. The Morgan fingerprint density at radius 2 is 2.08 bits per heavy atom. The fourth-order valence-electron chi connectivity index (χ4n) is 4.24. The number of hydrogen-bond donors (Lipinski definition) is 1. The van der Waals surface area contributed by atoms with Crippen LogP contribution < -0.4 is 5.32 Å². The van der Waals surface area contributed by atoms with E-state index >= 15 is 0 Å². The second-order valence-electron chi connectivity index (χ2n) is 7.19. The first-order chi connectivity index (χ1) is 11.6. The van der Waals surface area contributed by atoms with E-state index < -0.39 is 0 Å². The van der Waals surface area contributed by atoms with Gasteiger partial charge in [-0.3, -0.25) is 9.78 Å². The quantitative estimate of drug-likeness (QED) is 0.851. The number of para-hydroxylation sites is 2. The van der Waals surface area contributed by atoms with Crippen molar-refractivity contribution in [1.82, 2.24) is 25.1 Å². The molecule has 3 heterocycles. The largest absolute Gasteiger partial charge is 0.339 e. The summed E-state index contributed by atoms with van der Waals surface area (Å²) in [6.07, 6.45) is 1.77. The Labute approximate surface area is 166 Å². The van der Waals surface area contributed by atoms with Crippen molar-refractivity contribution < 1.29 is 4.79 Å². The minimum atomic E-state index is -0.284. The summed E-state index contributed by atoms with van der Waals surface area (Å²) in [7, 11) is 3.98. The first kappa shape index (κ1) is 20.8. The number of nitrogens with zero attached hydrogens (tertiary/aromatic N) is 4. The Morgan fingerprint density at radius 1 is 1.35 bits per heavy atom. The molecule has 0 bridgehead atoms. The number of carbonyl (C=O) groups is 1. The van der Waals surface area contributed by atoms with Gasteiger partial charge in [0.15, 0.2) is 0 Å². The Kier molecular flexibility index (Phi) is 6.45. The fourth-order valence-corrected chi connectivity index (χ4v) is 4.24. The molecule has 4 rings (SSSR count). The molecule has 8 heteroatoms. The molecule has 142 valence electrons. The van der Waals surface area contributed by atoms with Gasteiger partial charge in [0, 0.05) is 39.1 Å². The smallest absolute Gasteiger partial charge is 0.231 e. The number of amides is 1. The van der Waals surface area contributed by atoms with E-state index in [9.17, 15) is 4.79 Å². The van der Waals surface area contributed by atoms with Crippen LogP contribution in [0.15, 0.2) is 30.5 Å². The number of hydrogen-bond acceptors (Lipinski definition) is 5. The summed E-state index contributed by atoms with van der Waals surface area (Å²) in [6.45, 7) is 4.02. The van der Waals surface area contributed by atoms with Crippen LogP contribution in [0.4, 0.5) is 0 Å². The van der Waals surface area contributed by atoms with E-state index in [0.29, 0.717) is 12.5 Å². The second-order valence-corrected chi connectivity index (χ2v) is 7.19. The molecule has 2 fully saturated rings. The van der Waals surface area contributed by atoms with Gasteiger partial charge in [0.05, 0.1) is 34.9 Å². The summed E-state index contributed by atoms with van der Waals surface area (Å²) in [5.74, 6) is 0.622. The van der Waals surface area contributed by atoms with Gasteiger partial charge in [-0.2, -0.15) is 0 Å². The van der Waals surface area contributed by atoms with Crippen LogP contribution in [-0.4, -0.2) is 65.9 Å². The average Bonchev–Trinajstić information content (AvgIpc) is 3.10. The van der Waals surface area contributed by atoms with Crippen molar-refractivity contribution >= 4 is 41.8 Å². The summed E-state index contributed by atoms with van der Waals surface area (Å²) in [6, 6.07) is 7.81. The molecule has 2 aliphatic heterocycles. The number of nitrogens with one attached hydrogen (secondary N) is 1. The van der Waals surface area contributed by atoms with Crippen molar-refractivity contribution in [3.8, 4) is 0 Å². The maximum Gasteiger partial charge on any atom is 0.231 e. The standard InChI is InChI=1S/C18H23N5O.2ClH/c1-22-9-13-7-19-11-18(13,12-22)17(24)23(2)10-14-8-20-15-5-3-4-6-16(15)21-14;;/h3-6,8,13,19H,7,9-12H2,1-2H3;2*1H/t13-,18-;;/m1../s1. The van der Waals surface area contributed by atoms with Crippen LogP contribution in [0.3, 0.4) is 0 Å². The van der Waals surface area contributed by atoms with Crippen LogP contribution in [0.2, 0.25) is 0 Å². The van der Waals surface area contributed by atoms with Crippen LogP contribution >= 0.6 is 24.8 Å². The van der Waals surface area contributed by atoms with E-state index in [0.717, 1.165) is 42.9 Å². The molecule has 2 aromatic rings. The lowest BCUT2D eigenvalue weighted by atomic mass is 9.79. The average molecular weight is 398 g/mol. The second kappa shape index (κ2) is 8.05. The zero-order valence-corrected chi connectivity index (χ0v) is 16.6. The van der Waals surface area contributed by atoms with Gasteiger partial charge in [-0.25, -0.2) is 4.98 Å². The predicted octanol–water partition coefficient (Wildman–Crippen LogP) is 1.58.